The number of imide groups is 1. The number of carbonyl (C=O) groups is 2. The van der Waals surface area contributed by atoms with Crippen molar-refractivity contribution in [2.45, 2.75) is 0 Å². The molecule has 1 N–H and O–H groups in total. The Morgan fingerprint density at radius 1 is 1.21 bits per heavy atom. The van der Waals surface area contributed by atoms with Gasteiger partial charge in [-0.2, -0.15) is 0 Å². The maximum Gasteiger partial charge on any atom is 0.282 e. The van der Waals surface area contributed by atoms with E-state index in [2.05, 4.69) is 0 Å². The lowest BCUT2D eigenvalue weighted by Gasteiger charge is -2.20. The van der Waals surface area contributed by atoms with Gasteiger partial charge in [-0.15, -0.1) is 11.3 Å². The van der Waals surface area contributed by atoms with Gasteiger partial charge in [0.25, 0.3) is 11.8 Å². The number of nitrogens with zero attached hydrogens (tertiary/aromatic N) is 2. The highest BCUT2D eigenvalue weighted by Crippen LogP contribution is 2.36. The normalized spacial score (nSPS) is 14.7. The van der Waals surface area contributed by atoms with Crippen molar-refractivity contribution in [3.8, 4) is 0 Å². The third-order valence-corrected chi connectivity index (χ3v) is 4.83. The summed E-state index contributed by atoms with van der Waals surface area (Å²) in [5, 5.41) is 11.5. The molecule has 1 aromatic carbocycles. The van der Waals surface area contributed by atoms with E-state index in [1.807, 2.05) is 11.4 Å². The number of hydrogen-bond donors (Lipinski definition) is 1. The molecule has 2 heterocycles. The molecule has 3 rings (SSSR count). The van der Waals surface area contributed by atoms with E-state index in [1.54, 1.807) is 42.3 Å². The molecule has 1 aliphatic heterocycles. The van der Waals surface area contributed by atoms with Crippen molar-refractivity contribution in [3.63, 3.8) is 0 Å². The van der Waals surface area contributed by atoms with Crippen LogP contribution >= 0.6 is 22.9 Å². The van der Waals surface area contributed by atoms with E-state index in [0.717, 1.165) is 9.78 Å². The first-order valence-corrected chi connectivity index (χ1v) is 8.55. The third kappa shape index (κ3) is 2.84. The van der Waals surface area contributed by atoms with Crippen LogP contribution in [0.5, 0.6) is 0 Å². The minimum absolute atomic E-state index is 0.115. The van der Waals surface area contributed by atoms with Crippen LogP contribution in [0.3, 0.4) is 0 Å². The van der Waals surface area contributed by atoms with Crippen molar-refractivity contribution in [3.05, 3.63) is 57.4 Å². The van der Waals surface area contributed by atoms with Crippen LogP contribution in [0.25, 0.3) is 5.57 Å². The van der Waals surface area contributed by atoms with Crippen molar-refractivity contribution >= 4 is 46.0 Å². The monoisotopic (exact) mass is 362 g/mol. The van der Waals surface area contributed by atoms with Gasteiger partial charge in [0.15, 0.2) is 0 Å². The number of anilines is 1. The van der Waals surface area contributed by atoms with Crippen LogP contribution in [0.2, 0.25) is 5.02 Å². The molecule has 7 heteroatoms. The highest BCUT2D eigenvalue weighted by atomic mass is 35.5. The minimum Gasteiger partial charge on any atom is -0.395 e. The summed E-state index contributed by atoms with van der Waals surface area (Å²) < 4.78 is 0. The maximum atomic E-state index is 13.0. The number of amides is 2. The lowest BCUT2D eigenvalue weighted by Crippen LogP contribution is -2.34. The topological polar surface area (TPSA) is 60.9 Å². The molecular formula is C17H15ClN2O3S. The molecule has 0 bridgehead atoms. The Morgan fingerprint density at radius 2 is 2.00 bits per heavy atom. The molecule has 124 valence electrons. The van der Waals surface area contributed by atoms with E-state index >= 15 is 0 Å². The molecule has 0 fully saturated rings. The third-order valence-electron chi connectivity index (χ3n) is 3.71. The molecule has 0 spiro atoms. The lowest BCUT2D eigenvalue weighted by atomic mass is 10.2. The molecule has 0 radical (unpaired) electrons. The van der Waals surface area contributed by atoms with Gasteiger partial charge in [0.2, 0.25) is 0 Å². The van der Waals surface area contributed by atoms with Gasteiger partial charge < -0.3 is 10.0 Å². The Morgan fingerprint density at radius 3 is 2.62 bits per heavy atom. The van der Waals surface area contributed by atoms with E-state index in [1.165, 1.54) is 11.3 Å². The predicted molar refractivity (Wildman–Crippen MR) is 94.9 cm³/mol. The zero-order valence-corrected chi connectivity index (χ0v) is 14.5. The summed E-state index contributed by atoms with van der Waals surface area (Å²) in [5.74, 6) is -0.800. The number of aliphatic hydroxyl groups is 1. The lowest BCUT2D eigenvalue weighted by molar-refractivity contribution is -0.120. The second kappa shape index (κ2) is 6.76. The Labute approximate surface area is 148 Å². The second-order valence-corrected chi connectivity index (χ2v) is 6.66. The number of thiophene rings is 1. The summed E-state index contributed by atoms with van der Waals surface area (Å²) in [6.07, 6.45) is 0. The second-order valence-electron chi connectivity index (χ2n) is 5.27. The fourth-order valence-electron chi connectivity index (χ4n) is 2.63. The van der Waals surface area contributed by atoms with Crippen LogP contribution in [0.1, 0.15) is 4.88 Å². The zero-order chi connectivity index (χ0) is 17.3. The van der Waals surface area contributed by atoms with Gasteiger partial charge in [-0.3, -0.25) is 9.59 Å². The van der Waals surface area contributed by atoms with Crippen LogP contribution in [-0.2, 0) is 9.59 Å². The molecule has 0 atom stereocenters. The molecule has 5 nitrogen and oxygen atoms in total. The van der Waals surface area contributed by atoms with Crippen molar-refractivity contribution < 1.29 is 14.7 Å². The van der Waals surface area contributed by atoms with Gasteiger partial charge in [0, 0.05) is 23.5 Å². The first kappa shape index (κ1) is 16.7. The molecule has 2 amide bonds. The maximum absolute atomic E-state index is 13.0. The van der Waals surface area contributed by atoms with Gasteiger partial charge in [0.1, 0.15) is 5.70 Å². The average Bonchev–Trinajstić information content (AvgIpc) is 3.13. The molecule has 0 saturated carbocycles. The smallest absolute Gasteiger partial charge is 0.282 e. The van der Waals surface area contributed by atoms with Crippen LogP contribution in [0.15, 0.2) is 47.5 Å². The Kier molecular flexibility index (Phi) is 4.71. The fourth-order valence-corrected chi connectivity index (χ4v) is 3.57. The summed E-state index contributed by atoms with van der Waals surface area (Å²) in [6.45, 7) is 0.142. The fraction of sp³-hybridized carbons (Fsp3) is 0.176. The molecule has 1 aromatic heterocycles. The summed E-state index contributed by atoms with van der Waals surface area (Å²) in [5.41, 5.74) is 1.07. The highest BCUT2D eigenvalue weighted by Gasteiger charge is 2.42. The highest BCUT2D eigenvalue weighted by molar-refractivity contribution is 7.11. The van der Waals surface area contributed by atoms with Gasteiger partial charge >= 0.3 is 0 Å². The Balaban J connectivity index is 2.11. The van der Waals surface area contributed by atoms with E-state index in [-0.39, 0.29) is 24.8 Å². The summed E-state index contributed by atoms with van der Waals surface area (Å²) in [7, 11) is 1.69. The predicted octanol–water partition coefficient (Wildman–Crippen LogP) is 2.61. The molecule has 2 aromatic rings. The summed E-state index contributed by atoms with van der Waals surface area (Å²) >= 11 is 7.39. The van der Waals surface area contributed by atoms with Crippen LogP contribution in [0.4, 0.5) is 5.69 Å². The summed E-state index contributed by atoms with van der Waals surface area (Å²) in [4.78, 5) is 29.4. The first-order chi connectivity index (χ1) is 11.5. The van der Waals surface area contributed by atoms with Crippen molar-refractivity contribution in [2.75, 3.05) is 25.1 Å². The van der Waals surface area contributed by atoms with Crippen LogP contribution < -0.4 is 4.90 Å². The number of halogens is 1. The van der Waals surface area contributed by atoms with Crippen molar-refractivity contribution in [1.29, 1.82) is 0 Å². The van der Waals surface area contributed by atoms with Crippen LogP contribution in [0, 0.1) is 0 Å². The molecule has 0 saturated heterocycles. The number of aliphatic hydroxyl groups excluding tert-OH is 1. The van der Waals surface area contributed by atoms with E-state index in [4.69, 9.17) is 11.6 Å². The number of hydrogen-bond acceptors (Lipinski definition) is 5. The van der Waals surface area contributed by atoms with E-state index in [0.29, 0.717) is 16.3 Å². The van der Waals surface area contributed by atoms with Gasteiger partial charge in [-0.05, 0) is 29.6 Å². The van der Waals surface area contributed by atoms with Crippen molar-refractivity contribution in [2.24, 2.45) is 0 Å². The Bertz CT molecular complexity index is 817. The van der Waals surface area contributed by atoms with E-state index in [9.17, 15) is 14.7 Å². The SMILES string of the molecule is CN(CCO)C1=C(c2cccs2)C(=O)N(c2cccc(Cl)c2)C1=O. The zero-order valence-electron chi connectivity index (χ0n) is 12.9. The molecule has 24 heavy (non-hydrogen) atoms. The summed E-state index contributed by atoms with van der Waals surface area (Å²) in [6, 6.07) is 10.3. The average molecular weight is 363 g/mol. The van der Waals surface area contributed by atoms with E-state index < -0.39 is 5.91 Å². The quantitative estimate of drug-likeness (QED) is 0.830. The largest absolute Gasteiger partial charge is 0.395 e. The molecule has 0 aliphatic carbocycles. The molecule has 1 aliphatic rings. The van der Waals surface area contributed by atoms with Gasteiger partial charge in [0.05, 0.1) is 17.9 Å². The van der Waals surface area contributed by atoms with Gasteiger partial charge in [-0.25, -0.2) is 4.90 Å². The van der Waals surface area contributed by atoms with Crippen LogP contribution in [-0.4, -0.2) is 42.0 Å². The van der Waals surface area contributed by atoms with Gasteiger partial charge in [-0.1, -0.05) is 23.7 Å². The number of likely N-dealkylation sites (N-methyl/N-ethyl adjacent to an activating group) is 1. The van der Waals surface area contributed by atoms with Crippen molar-refractivity contribution in [1.82, 2.24) is 4.90 Å². The number of benzene rings is 1. The number of rotatable bonds is 5. The standard InChI is InChI=1S/C17H15ClN2O3S/c1-19(7-8-21)15-14(13-6-3-9-24-13)16(22)20(17(15)23)12-5-2-4-11(18)10-12/h2-6,9-10,21H,7-8H2,1H3. The number of carbonyl (C=O) groups excluding carboxylic acids is 2. The first-order valence-electron chi connectivity index (χ1n) is 7.29. The molecule has 0 unspecified atom stereocenters. The minimum atomic E-state index is -0.415. The Hall–Kier alpha value is -2.15. The molecular weight excluding hydrogens is 348 g/mol.